The molecule has 21 heavy (non-hydrogen) atoms. The van der Waals surface area contributed by atoms with Crippen molar-refractivity contribution in [1.29, 1.82) is 0 Å². The molecule has 0 unspecified atom stereocenters. The van der Waals surface area contributed by atoms with Crippen LogP contribution in [0.5, 0.6) is 0 Å². The van der Waals surface area contributed by atoms with Gasteiger partial charge in [-0.15, -0.1) is 0 Å². The van der Waals surface area contributed by atoms with E-state index in [9.17, 15) is 9.18 Å². The van der Waals surface area contributed by atoms with Gasteiger partial charge in [-0.25, -0.2) is 4.39 Å². The van der Waals surface area contributed by atoms with E-state index in [0.29, 0.717) is 28.6 Å². The molecule has 0 spiro atoms. The Labute approximate surface area is 132 Å². The Kier molecular flexibility index (Phi) is 6.08. The lowest BCUT2D eigenvalue weighted by atomic mass is 10.2. The molecule has 2 aromatic carbocycles. The summed E-state index contributed by atoms with van der Waals surface area (Å²) in [5.74, 6) is 1.06. The highest BCUT2D eigenvalue weighted by Gasteiger charge is 2.05. The van der Waals surface area contributed by atoms with Crippen molar-refractivity contribution < 1.29 is 9.18 Å². The van der Waals surface area contributed by atoms with Gasteiger partial charge < -0.3 is 5.32 Å². The standard InChI is InChI=1S/C16H15ClFNOS/c17-14-6-1-2-7-15(14)19-16(20)8-9-21-11-12-4-3-5-13(18)10-12/h1-7,10H,8-9,11H2,(H,19,20). The monoisotopic (exact) mass is 323 g/mol. The Morgan fingerprint density at radius 3 is 2.76 bits per heavy atom. The third kappa shape index (κ3) is 5.40. The second-order valence-corrected chi connectivity index (χ2v) is 5.97. The Hall–Kier alpha value is -1.52. The molecular weight excluding hydrogens is 309 g/mol. The zero-order valence-electron chi connectivity index (χ0n) is 11.3. The minimum Gasteiger partial charge on any atom is -0.325 e. The van der Waals surface area contributed by atoms with Gasteiger partial charge in [-0.2, -0.15) is 11.8 Å². The Bertz CT molecular complexity index is 621. The molecule has 110 valence electrons. The predicted octanol–water partition coefficient (Wildman–Crippen LogP) is 4.74. The van der Waals surface area contributed by atoms with Crippen LogP contribution in [0.25, 0.3) is 0 Å². The summed E-state index contributed by atoms with van der Waals surface area (Å²) in [5, 5.41) is 3.30. The second-order valence-electron chi connectivity index (χ2n) is 4.46. The third-order valence-electron chi connectivity index (χ3n) is 2.78. The fourth-order valence-corrected chi connectivity index (χ4v) is 2.83. The maximum absolute atomic E-state index is 13.0. The topological polar surface area (TPSA) is 29.1 Å². The summed E-state index contributed by atoms with van der Waals surface area (Å²) in [4.78, 5) is 11.8. The molecule has 0 aliphatic rings. The number of rotatable bonds is 6. The van der Waals surface area contributed by atoms with Crippen LogP contribution in [-0.2, 0) is 10.5 Å². The highest BCUT2D eigenvalue weighted by atomic mass is 35.5. The lowest BCUT2D eigenvalue weighted by Crippen LogP contribution is -2.12. The lowest BCUT2D eigenvalue weighted by molar-refractivity contribution is -0.115. The van der Waals surface area contributed by atoms with Gasteiger partial charge in [0, 0.05) is 17.9 Å². The van der Waals surface area contributed by atoms with Crippen LogP contribution in [0.15, 0.2) is 48.5 Å². The molecule has 0 bridgehead atoms. The van der Waals surface area contributed by atoms with Crippen molar-refractivity contribution in [2.75, 3.05) is 11.1 Å². The quantitative estimate of drug-likeness (QED) is 0.778. The third-order valence-corrected chi connectivity index (χ3v) is 4.14. The number of benzene rings is 2. The normalized spacial score (nSPS) is 10.4. The van der Waals surface area contributed by atoms with Gasteiger partial charge in [-0.1, -0.05) is 35.9 Å². The maximum atomic E-state index is 13.0. The fraction of sp³-hybridized carbons (Fsp3) is 0.188. The Morgan fingerprint density at radius 1 is 1.19 bits per heavy atom. The molecule has 2 rings (SSSR count). The smallest absolute Gasteiger partial charge is 0.225 e. The maximum Gasteiger partial charge on any atom is 0.225 e. The molecule has 0 heterocycles. The van der Waals surface area contributed by atoms with Gasteiger partial charge in [0.05, 0.1) is 10.7 Å². The zero-order chi connectivity index (χ0) is 15.1. The first-order valence-electron chi connectivity index (χ1n) is 6.52. The van der Waals surface area contributed by atoms with E-state index >= 15 is 0 Å². The highest BCUT2D eigenvalue weighted by Crippen LogP contribution is 2.21. The number of amides is 1. The largest absolute Gasteiger partial charge is 0.325 e. The molecule has 2 aromatic rings. The summed E-state index contributed by atoms with van der Waals surface area (Å²) >= 11 is 7.57. The lowest BCUT2D eigenvalue weighted by Gasteiger charge is -2.07. The Morgan fingerprint density at radius 2 is 2.00 bits per heavy atom. The summed E-state index contributed by atoms with van der Waals surface area (Å²) in [6.45, 7) is 0. The summed E-state index contributed by atoms with van der Waals surface area (Å²) in [7, 11) is 0. The van der Waals surface area contributed by atoms with Crippen LogP contribution in [0.1, 0.15) is 12.0 Å². The summed E-state index contributed by atoms with van der Waals surface area (Å²) < 4.78 is 13.0. The van der Waals surface area contributed by atoms with Crippen LogP contribution < -0.4 is 5.32 Å². The Balaban J connectivity index is 1.71. The highest BCUT2D eigenvalue weighted by molar-refractivity contribution is 7.98. The average molecular weight is 324 g/mol. The number of nitrogens with one attached hydrogen (secondary N) is 1. The molecule has 1 N–H and O–H groups in total. The minimum atomic E-state index is -0.232. The van der Waals surface area contributed by atoms with Crippen molar-refractivity contribution in [3.8, 4) is 0 Å². The molecule has 0 radical (unpaired) electrons. The number of para-hydroxylation sites is 1. The molecule has 0 aliphatic carbocycles. The predicted molar refractivity (Wildman–Crippen MR) is 87.3 cm³/mol. The van der Waals surface area contributed by atoms with Gasteiger partial charge in [0.1, 0.15) is 5.82 Å². The van der Waals surface area contributed by atoms with E-state index in [-0.39, 0.29) is 11.7 Å². The SMILES string of the molecule is O=C(CCSCc1cccc(F)c1)Nc1ccccc1Cl. The van der Waals surface area contributed by atoms with Crippen LogP contribution in [0, 0.1) is 5.82 Å². The number of halogens is 2. The number of hydrogen-bond acceptors (Lipinski definition) is 2. The van der Waals surface area contributed by atoms with Gasteiger partial charge in [0.2, 0.25) is 5.91 Å². The van der Waals surface area contributed by atoms with Gasteiger partial charge in [0.15, 0.2) is 0 Å². The van der Waals surface area contributed by atoms with E-state index in [1.165, 1.54) is 12.1 Å². The number of hydrogen-bond donors (Lipinski definition) is 1. The van der Waals surface area contributed by atoms with Crippen LogP contribution in [0.2, 0.25) is 5.02 Å². The van der Waals surface area contributed by atoms with Crippen molar-refractivity contribution in [2.24, 2.45) is 0 Å². The van der Waals surface area contributed by atoms with Crippen LogP contribution in [-0.4, -0.2) is 11.7 Å². The van der Waals surface area contributed by atoms with Crippen molar-refractivity contribution in [2.45, 2.75) is 12.2 Å². The average Bonchev–Trinajstić information content (AvgIpc) is 2.46. The molecule has 0 saturated carbocycles. The van der Waals surface area contributed by atoms with E-state index in [4.69, 9.17) is 11.6 Å². The number of carbonyl (C=O) groups is 1. The van der Waals surface area contributed by atoms with Crippen molar-refractivity contribution >= 4 is 35.0 Å². The van der Waals surface area contributed by atoms with Gasteiger partial charge in [-0.05, 0) is 29.8 Å². The zero-order valence-corrected chi connectivity index (χ0v) is 12.9. The number of carbonyl (C=O) groups excluding carboxylic acids is 1. The summed E-state index contributed by atoms with van der Waals surface area (Å²) in [6.07, 6.45) is 0.394. The summed E-state index contributed by atoms with van der Waals surface area (Å²) in [5.41, 5.74) is 1.55. The summed E-state index contributed by atoms with van der Waals surface area (Å²) in [6, 6.07) is 13.6. The molecule has 0 fully saturated rings. The van der Waals surface area contributed by atoms with E-state index in [0.717, 1.165) is 5.56 Å². The number of anilines is 1. The molecule has 0 atom stereocenters. The van der Waals surface area contributed by atoms with Gasteiger partial charge >= 0.3 is 0 Å². The van der Waals surface area contributed by atoms with E-state index in [1.807, 2.05) is 18.2 Å². The number of thioether (sulfide) groups is 1. The van der Waals surface area contributed by atoms with Crippen LogP contribution in [0.4, 0.5) is 10.1 Å². The van der Waals surface area contributed by atoms with Gasteiger partial charge in [-0.3, -0.25) is 4.79 Å². The van der Waals surface area contributed by atoms with Crippen LogP contribution in [0.3, 0.4) is 0 Å². The van der Waals surface area contributed by atoms with Gasteiger partial charge in [0.25, 0.3) is 0 Å². The van der Waals surface area contributed by atoms with Crippen molar-refractivity contribution in [3.63, 3.8) is 0 Å². The molecular formula is C16H15ClFNOS. The second kappa shape index (κ2) is 8.05. The molecule has 5 heteroatoms. The van der Waals surface area contributed by atoms with E-state index < -0.39 is 0 Å². The molecule has 0 aliphatic heterocycles. The molecule has 0 saturated heterocycles. The molecule has 1 amide bonds. The fourth-order valence-electron chi connectivity index (χ4n) is 1.76. The first-order valence-corrected chi connectivity index (χ1v) is 8.05. The minimum absolute atomic E-state index is 0.0742. The first kappa shape index (κ1) is 15.9. The molecule has 2 nitrogen and oxygen atoms in total. The van der Waals surface area contributed by atoms with Crippen molar-refractivity contribution in [3.05, 3.63) is 64.9 Å². The first-order chi connectivity index (χ1) is 10.1. The van der Waals surface area contributed by atoms with E-state index in [1.54, 1.807) is 30.0 Å². The van der Waals surface area contributed by atoms with E-state index in [2.05, 4.69) is 5.32 Å². The van der Waals surface area contributed by atoms with Crippen molar-refractivity contribution in [1.82, 2.24) is 0 Å². The van der Waals surface area contributed by atoms with Crippen LogP contribution >= 0.6 is 23.4 Å². The molecule has 0 aromatic heterocycles.